The zero-order chi connectivity index (χ0) is 47.1. The molecule has 0 aromatic carbocycles. The van der Waals surface area contributed by atoms with E-state index in [1.165, 1.54) is 297 Å². The van der Waals surface area contributed by atoms with Crippen molar-refractivity contribution in [3.05, 3.63) is 0 Å². The first kappa shape index (κ1) is 67.9. The molecule has 0 spiro atoms. The summed E-state index contributed by atoms with van der Waals surface area (Å²) < 4.78 is 60.9. The fourth-order valence-corrected chi connectivity index (χ4v) is 10.3. The predicted molar refractivity (Wildman–Crippen MR) is 283 cm³/mol. The van der Waals surface area contributed by atoms with E-state index in [0.717, 1.165) is 25.7 Å². The minimum absolute atomic E-state index is 0.0779. The van der Waals surface area contributed by atoms with E-state index in [0.29, 0.717) is 12.8 Å². The second kappa shape index (κ2) is 58.7. The van der Waals surface area contributed by atoms with E-state index in [4.69, 9.17) is 9.11 Å². The van der Waals surface area contributed by atoms with Gasteiger partial charge in [0.05, 0.1) is 11.5 Å². The molecule has 2 radical (unpaired) electrons. The van der Waals surface area contributed by atoms with Gasteiger partial charge in [-0.15, -0.1) is 0 Å². The second-order valence-electron chi connectivity index (χ2n) is 19.3. The zero-order valence-electron chi connectivity index (χ0n) is 43.0. The topological polar surface area (TPSA) is 109 Å². The average molecular weight is 1040 g/mol. The Labute approximate surface area is 411 Å². The summed E-state index contributed by atoms with van der Waals surface area (Å²) in [4.78, 5) is 0. The van der Waals surface area contributed by atoms with Crippen LogP contribution in [-0.4, -0.2) is 60.0 Å². The minimum atomic E-state index is -3.74. The first-order valence-corrected chi connectivity index (χ1v) is 33.7. The summed E-state index contributed by atoms with van der Waals surface area (Å²) in [6.07, 6.45) is 64.3. The van der Waals surface area contributed by atoms with Crippen LogP contribution in [0.4, 0.5) is 0 Å². The van der Waals surface area contributed by atoms with Gasteiger partial charge in [-0.05, 0) is 12.8 Å². The first-order valence-electron chi connectivity index (χ1n) is 28.1. The molecular weight excluding hydrogens is 927 g/mol. The van der Waals surface area contributed by atoms with Gasteiger partial charge in [0.25, 0.3) is 20.2 Å². The summed E-state index contributed by atoms with van der Waals surface area (Å²) in [5, 5.41) is 0. The zero-order valence-corrected chi connectivity index (χ0v) is 47.9. The van der Waals surface area contributed by atoms with Gasteiger partial charge in [-0.25, -0.2) is 0 Å². The third-order valence-corrected chi connectivity index (χ3v) is 15.3. The summed E-state index contributed by atoms with van der Waals surface area (Å²) in [6.45, 7) is 6.82. The van der Waals surface area contributed by atoms with Crippen molar-refractivity contribution in [2.24, 2.45) is 0 Å². The molecule has 6 nitrogen and oxygen atoms in total. The molecule has 0 amide bonds. The summed E-state index contributed by atoms with van der Waals surface area (Å²) >= 11 is 1.47. The molecule has 0 aliphatic heterocycles. The molecule has 0 rings (SSSR count). The Bertz CT molecular complexity index is 943. The quantitative estimate of drug-likeness (QED) is 0.0357. The average Bonchev–Trinajstić information content (AvgIpc) is 3.24. The van der Waals surface area contributed by atoms with Crippen molar-refractivity contribution in [2.45, 2.75) is 333 Å². The van der Waals surface area contributed by atoms with Crippen molar-refractivity contribution in [1.29, 1.82) is 0 Å². The molecule has 63 heavy (non-hydrogen) atoms. The first-order chi connectivity index (χ1) is 30.5. The van der Waals surface area contributed by atoms with Crippen LogP contribution in [0.2, 0.25) is 4.44 Å². The molecule has 9 heteroatoms. The van der Waals surface area contributed by atoms with Gasteiger partial charge in [-0.2, -0.15) is 16.8 Å². The molecule has 0 unspecified atom stereocenters. The monoisotopic (exact) mass is 1040 g/mol. The van der Waals surface area contributed by atoms with E-state index in [1.807, 2.05) is 0 Å². The number of unbranched alkanes of at least 4 members (excludes halogenated alkanes) is 45. The third kappa shape index (κ3) is 77.1. The molecule has 382 valence electrons. The van der Waals surface area contributed by atoms with Crippen LogP contribution in [0.5, 0.6) is 0 Å². The van der Waals surface area contributed by atoms with E-state index >= 15 is 0 Å². The van der Waals surface area contributed by atoms with Crippen molar-refractivity contribution in [3.63, 3.8) is 0 Å². The van der Waals surface area contributed by atoms with Gasteiger partial charge in [0.15, 0.2) is 0 Å². The predicted octanol–water partition coefficient (Wildman–Crippen LogP) is 18.8. The van der Waals surface area contributed by atoms with E-state index in [2.05, 4.69) is 20.8 Å². The van der Waals surface area contributed by atoms with Crippen LogP contribution in [0.15, 0.2) is 0 Å². The molecule has 0 fully saturated rings. The molecule has 0 aromatic rings. The summed E-state index contributed by atoms with van der Waals surface area (Å²) in [6, 6.07) is 0. The standard InChI is InChI=1S/2C18H38O3S.C18H37.Sn.H/c2*1-2-3-4-5-6-7-8-9-10-11-12-13-14-15-16-17-18-22(19,20)21;1-3-5-7-9-11-13-15-17-18-16-14-12-10-8-6-4-2;;/h2*2-18H2,1H3,(H,19,20,21);1,3-18H2,2H3;;. The Hall–Kier alpha value is 0.619. The van der Waals surface area contributed by atoms with E-state index in [-0.39, 0.29) is 11.5 Å². The van der Waals surface area contributed by atoms with Crippen molar-refractivity contribution in [3.8, 4) is 0 Å². The van der Waals surface area contributed by atoms with Crippen molar-refractivity contribution in [1.82, 2.24) is 0 Å². The van der Waals surface area contributed by atoms with Gasteiger partial charge in [-0.1, -0.05) is 245 Å². The number of hydrogen-bond acceptors (Lipinski definition) is 4. The van der Waals surface area contributed by atoms with Gasteiger partial charge >= 0.3 is 97.6 Å². The van der Waals surface area contributed by atoms with Crippen LogP contribution in [0.1, 0.15) is 329 Å². The van der Waals surface area contributed by atoms with Gasteiger partial charge in [0.2, 0.25) is 0 Å². The second-order valence-corrected chi connectivity index (χ2v) is 24.1. The Morgan fingerprint density at radius 2 is 0.365 bits per heavy atom. The SMILES string of the molecule is CCCCCCCCCCCCCCCCCCS(=O)(=O)O.CCCCCCCCCCCCCCCCCCS(=O)(=O)O.CCCCCCCCCCCCCCCCC[CH2][SnH]. The molecule has 0 aliphatic carbocycles. The van der Waals surface area contributed by atoms with Crippen molar-refractivity contribution < 1.29 is 25.9 Å². The molecular formula is C54H114O6S2Sn. The summed E-state index contributed by atoms with van der Waals surface area (Å²) in [5.74, 6) is -0.156. The van der Waals surface area contributed by atoms with Crippen LogP contribution < -0.4 is 0 Å². The molecule has 0 atom stereocenters. The Morgan fingerprint density at radius 1 is 0.238 bits per heavy atom. The Balaban J connectivity index is -0.000000860. The van der Waals surface area contributed by atoms with E-state index in [1.54, 1.807) is 0 Å². The van der Waals surface area contributed by atoms with Gasteiger partial charge < -0.3 is 0 Å². The molecule has 0 aromatic heterocycles. The molecule has 0 heterocycles. The van der Waals surface area contributed by atoms with Gasteiger partial charge in [-0.3, -0.25) is 9.11 Å². The maximum atomic E-state index is 10.5. The fourth-order valence-electron chi connectivity index (χ4n) is 8.36. The molecule has 0 saturated carbocycles. The Morgan fingerprint density at radius 3 is 0.492 bits per heavy atom. The van der Waals surface area contributed by atoms with Crippen molar-refractivity contribution >= 4 is 42.8 Å². The van der Waals surface area contributed by atoms with Gasteiger partial charge in [0.1, 0.15) is 0 Å². The summed E-state index contributed by atoms with van der Waals surface area (Å²) in [7, 11) is -7.49. The fraction of sp³-hybridized carbons (Fsp3) is 1.00. The third-order valence-electron chi connectivity index (χ3n) is 12.6. The van der Waals surface area contributed by atoms with Crippen LogP contribution in [0.25, 0.3) is 0 Å². The molecule has 0 bridgehead atoms. The van der Waals surface area contributed by atoms with Crippen LogP contribution >= 0.6 is 0 Å². The molecule has 0 aliphatic rings. The molecule has 2 N–H and O–H groups in total. The van der Waals surface area contributed by atoms with Crippen LogP contribution in [-0.2, 0) is 20.2 Å². The van der Waals surface area contributed by atoms with Crippen LogP contribution in [0, 0.1) is 0 Å². The molecule has 0 saturated heterocycles. The summed E-state index contributed by atoms with van der Waals surface area (Å²) in [5.41, 5.74) is 0. The maximum absolute atomic E-state index is 10.5. The van der Waals surface area contributed by atoms with Crippen molar-refractivity contribution in [2.75, 3.05) is 11.5 Å². The Kier molecular flexibility index (Phi) is 63.3. The normalized spacial score (nSPS) is 11.7. The van der Waals surface area contributed by atoms with Gasteiger partial charge in [0, 0.05) is 0 Å². The van der Waals surface area contributed by atoms with Crippen LogP contribution in [0.3, 0.4) is 0 Å². The van der Waals surface area contributed by atoms with E-state index < -0.39 is 20.2 Å². The van der Waals surface area contributed by atoms with E-state index in [9.17, 15) is 16.8 Å². The number of hydrogen-bond donors (Lipinski definition) is 2. The number of rotatable bonds is 50.